The lowest BCUT2D eigenvalue weighted by Gasteiger charge is -2.28. The third kappa shape index (κ3) is 5.05. The second-order valence-corrected chi connectivity index (χ2v) is 6.22. The van der Waals surface area contributed by atoms with Gasteiger partial charge in [0.25, 0.3) is 0 Å². The topological polar surface area (TPSA) is 21.3 Å². The molecule has 2 nitrogen and oxygen atoms in total. The first kappa shape index (κ1) is 16.4. The third-order valence-corrected chi connectivity index (χ3v) is 4.36. The van der Waals surface area contributed by atoms with Gasteiger partial charge in [-0.2, -0.15) is 0 Å². The third-order valence-electron chi connectivity index (χ3n) is 4.12. The molecule has 2 rings (SSSR count). The molecular formula is C18H26ClNO. The molecule has 0 radical (unpaired) electrons. The van der Waals surface area contributed by atoms with Gasteiger partial charge in [0, 0.05) is 5.02 Å². The molecule has 0 aliphatic heterocycles. The van der Waals surface area contributed by atoms with Gasteiger partial charge in [-0.1, -0.05) is 42.2 Å². The number of hydrogen-bond acceptors (Lipinski definition) is 2. The fourth-order valence-corrected chi connectivity index (χ4v) is 3.22. The van der Waals surface area contributed by atoms with Gasteiger partial charge in [0.1, 0.15) is 11.9 Å². The van der Waals surface area contributed by atoms with Crippen molar-refractivity contribution in [3.05, 3.63) is 40.9 Å². The Kier molecular flexibility index (Phi) is 6.59. The van der Waals surface area contributed by atoms with Gasteiger partial charge in [-0.15, -0.1) is 0 Å². The van der Waals surface area contributed by atoms with Crippen molar-refractivity contribution in [3.63, 3.8) is 0 Å². The summed E-state index contributed by atoms with van der Waals surface area (Å²) in [6.45, 7) is 2.13. The highest BCUT2D eigenvalue weighted by Gasteiger charge is 2.21. The molecule has 0 amide bonds. The van der Waals surface area contributed by atoms with E-state index in [2.05, 4.69) is 18.3 Å². The highest BCUT2D eigenvalue weighted by molar-refractivity contribution is 6.30. The van der Waals surface area contributed by atoms with Crippen LogP contribution in [0.5, 0.6) is 5.75 Å². The Morgan fingerprint density at radius 1 is 1.19 bits per heavy atom. The molecule has 0 spiro atoms. The Balaban J connectivity index is 2.04. The van der Waals surface area contributed by atoms with Gasteiger partial charge in [-0.3, -0.25) is 0 Å². The van der Waals surface area contributed by atoms with Crippen molar-refractivity contribution in [2.45, 2.75) is 57.6 Å². The minimum atomic E-state index is 0.0825. The van der Waals surface area contributed by atoms with Gasteiger partial charge in [0.15, 0.2) is 0 Å². The van der Waals surface area contributed by atoms with Crippen LogP contribution < -0.4 is 10.1 Å². The van der Waals surface area contributed by atoms with E-state index in [1.807, 2.05) is 31.3 Å². The van der Waals surface area contributed by atoms with E-state index in [9.17, 15) is 0 Å². The van der Waals surface area contributed by atoms with Crippen LogP contribution in [0.15, 0.2) is 35.9 Å². The quantitative estimate of drug-likeness (QED) is 0.775. The lowest BCUT2D eigenvalue weighted by atomic mass is 9.92. The molecule has 21 heavy (non-hydrogen) atoms. The summed E-state index contributed by atoms with van der Waals surface area (Å²) in [4.78, 5) is 0. The van der Waals surface area contributed by atoms with E-state index < -0.39 is 0 Å². The van der Waals surface area contributed by atoms with E-state index >= 15 is 0 Å². The summed E-state index contributed by atoms with van der Waals surface area (Å²) in [5.41, 5.74) is 1.49. The summed E-state index contributed by atoms with van der Waals surface area (Å²) < 4.78 is 6.09. The second-order valence-electron chi connectivity index (χ2n) is 5.78. The molecule has 0 aromatic heterocycles. The van der Waals surface area contributed by atoms with Crippen LogP contribution in [0.1, 0.15) is 45.4 Å². The van der Waals surface area contributed by atoms with Crippen molar-refractivity contribution in [1.82, 2.24) is 5.32 Å². The minimum Gasteiger partial charge on any atom is -0.489 e. The summed E-state index contributed by atoms with van der Waals surface area (Å²) in [5, 5.41) is 4.14. The fraction of sp³-hybridized carbons (Fsp3) is 0.556. The fourth-order valence-electron chi connectivity index (χ4n) is 3.04. The zero-order chi connectivity index (χ0) is 15.1. The summed E-state index contributed by atoms with van der Waals surface area (Å²) in [5.74, 6) is 0.835. The minimum absolute atomic E-state index is 0.0825. The Hall–Kier alpha value is -0.990. The first-order valence-electron chi connectivity index (χ1n) is 7.99. The first-order valence-corrected chi connectivity index (χ1v) is 8.37. The number of nitrogens with one attached hydrogen (secondary N) is 1. The molecule has 0 saturated carbocycles. The van der Waals surface area contributed by atoms with Crippen LogP contribution in [0, 0.1) is 0 Å². The number of halogens is 1. The molecule has 0 bridgehead atoms. The predicted octanol–water partition coefficient (Wildman–Crippen LogP) is 4.98. The van der Waals surface area contributed by atoms with E-state index in [1.54, 1.807) is 0 Å². The van der Waals surface area contributed by atoms with Crippen LogP contribution in [0.4, 0.5) is 0 Å². The highest BCUT2D eigenvalue weighted by atomic mass is 35.5. The van der Waals surface area contributed by atoms with E-state index in [4.69, 9.17) is 16.3 Å². The summed E-state index contributed by atoms with van der Waals surface area (Å²) in [6, 6.07) is 7.89. The van der Waals surface area contributed by atoms with Gasteiger partial charge in [0.2, 0.25) is 0 Å². The monoisotopic (exact) mass is 307 g/mol. The van der Waals surface area contributed by atoms with Crippen molar-refractivity contribution < 1.29 is 4.74 Å². The van der Waals surface area contributed by atoms with Gasteiger partial charge in [-0.05, 0) is 57.9 Å². The molecule has 0 fully saturated rings. The average Bonchev–Trinajstić information content (AvgIpc) is 2.41. The molecule has 0 saturated heterocycles. The summed E-state index contributed by atoms with van der Waals surface area (Å²) >= 11 is 6.02. The maximum atomic E-state index is 6.09. The Morgan fingerprint density at radius 2 is 2.00 bits per heavy atom. The van der Waals surface area contributed by atoms with Crippen LogP contribution in [0.25, 0.3) is 0 Å². The van der Waals surface area contributed by atoms with Gasteiger partial charge >= 0.3 is 0 Å². The van der Waals surface area contributed by atoms with Crippen LogP contribution in [-0.4, -0.2) is 19.2 Å². The predicted molar refractivity (Wildman–Crippen MR) is 90.2 cm³/mol. The molecule has 1 N–H and O–H groups in total. The number of hydrogen-bond donors (Lipinski definition) is 1. The number of ether oxygens (including phenoxy) is 1. The normalized spacial score (nSPS) is 21.6. The Labute approximate surface area is 133 Å². The second kappa shape index (κ2) is 8.45. The molecule has 116 valence electrons. The molecule has 1 aromatic rings. The van der Waals surface area contributed by atoms with E-state index in [0.29, 0.717) is 5.02 Å². The van der Waals surface area contributed by atoms with Crippen LogP contribution in [-0.2, 0) is 0 Å². The van der Waals surface area contributed by atoms with Gasteiger partial charge < -0.3 is 10.1 Å². The number of allylic oxidation sites excluding steroid dienone is 1. The zero-order valence-electron chi connectivity index (χ0n) is 13.1. The first-order chi connectivity index (χ1) is 10.2. The molecule has 2 unspecified atom stereocenters. The lowest BCUT2D eigenvalue weighted by molar-refractivity contribution is 0.187. The maximum Gasteiger partial charge on any atom is 0.121 e. The van der Waals surface area contributed by atoms with Crippen LogP contribution in [0.2, 0.25) is 5.02 Å². The number of rotatable bonds is 5. The van der Waals surface area contributed by atoms with Gasteiger partial charge in [0.05, 0.1) is 6.04 Å². The summed E-state index contributed by atoms with van der Waals surface area (Å²) in [7, 11) is 2.02. The van der Waals surface area contributed by atoms with Crippen molar-refractivity contribution in [3.8, 4) is 5.75 Å². The largest absolute Gasteiger partial charge is 0.489 e. The van der Waals surface area contributed by atoms with Crippen molar-refractivity contribution in [2.75, 3.05) is 7.05 Å². The number of likely N-dealkylation sites (N-methyl/N-ethyl adjacent to an activating group) is 1. The average molecular weight is 308 g/mol. The molecule has 1 aliphatic rings. The Morgan fingerprint density at radius 3 is 2.76 bits per heavy atom. The van der Waals surface area contributed by atoms with Crippen molar-refractivity contribution in [1.29, 1.82) is 0 Å². The molecule has 1 aliphatic carbocycles. The van der Waals surface area contributed by atoms with Gasteiger partial charge in [-0.25, -0.2) is 0 Å². The maximum absolute atomic E-state index is 6.09. The van der Waals surface area contributed by atoms with Crippen LogP contribution >= 0.6 is 11.6 Å². The molecular weight excluding hydrogens is 282 g/mol. The lowest BCUT2D eigenvalue weighted by Crippen LogP contribution is -2.41. The van der Waals surface area contributed by atoms with E-state index in [1.165, 1.54) is 44.1 Å². The van der Waals surface area contributed by atoms with Crippen molar-refractivity contribution >= 4 is 11.6 Å². The molecule has 2 atom stereocenters. The van der Waals surface area contributed by atoms with E-state index in [-0.39, 0.29) is 12.1 Å². The molecule has 0 heterocycles. The zero-order valence-corrected chi connectivity index (χ0v) is 13.8. The van der Waals surface area contributed by atoms with E-state index in [0.717, 1.165) is 5.75 Å². The highest BCUT2D eigenvalue weighted by Crippen LogP contribution is 2.24. The molecule has 3 heteroatoms. The smallest absolute Gasteiger partial charge is 0.121 e. The standard InChI is InChI=1S/C18H26ClNO/c1-14(21-17-12-8-11-16(19)13-17)18(20-2)15-9-6-4-3-5-7-10-15/h8-9,11-14,18,20H,3-7,10H2,1-2H3/b15-9+. The number of benzene rings is 1. The molecule has 1 aromatic carbocycles. The Bertz CT molecular complexity index is 472. The van der Waals surface area contributed by atoms with Crippen molar-refractivity contribution in [2.24, 2.45) is 0 Å². The SMILES string of the molecule is CNC(/C1=C/CCCCCC1)C(C)Oc1cccc(Cl)c1. The summed E-state index contributed by atoms with van der Waals surface area (Å²) in [6.07, 6.45) is 10.2. The van der Waals surface area contributed by atoms with Crippen LogP contribution in [0.3, 0.4) is 0 Å².